The summed E-state index contributed by atoms with van der Waals surface area (Å²) in [6.45, 7) is 0. The van der Waals surface area contributed by atoms with Crippen molar-refractivity contribution in [3.05, 3.63) is 28.8 Å². The van der Waals surface area contributed by atoms with Crippen molar-refractivity contribution in [2.45, 2.75) is 24.9 Å². The molecule has 4 heteroatoms. The SMILES string of the molecule is COc1ccc(Cl)cc1C(C1CC(N)C1)N(C)C. The maximum atomic E-state index is 6.12. The van der Waals surface area contributed by atoms with Gasteiger partial charge in [0.2, 0.25) is 0 Å². The lowest BCUT2D eigenvalue weighted by Crippen LogP contribution is -2.43. The molecule has 0 saturated heterocycles. The van der Waals surface area contributed by atoms with Crippen LogP contribution in [-0.4, -0.2) is 32.1 Å². The standard InChI is InChI=1S/C14H21ClN2O/c1-17(2)14(9-6-11(16)7-9)12-8-10(15)4-5-13(12)18-3/h4-5,8-9,11,14H,6-7,16H2,1-3H3. The second-order valence-electron chi connectivity index (χ2n) is 5.29. The predicted molar refractivity (Wildman–Crippen MR) is 75.1 cm³/mol. The van der Waals surface area contributed by atoms with Crippen molar-refractivity contribution < 1.29 is 4.74 Å². The van der Waals surface area contributed by atoms with Gasteiger partial charge in [0.05, 0.1) is 7.11 Å². The molecule has 3 nitrogen and oxygen atoms in total. The van der Waals surface area contributed by atoms with E-state index >= 15 is 0 Å². The molecule has 2 N–H and O–H groups in total. The van der Waals surface area contributed by atoms with Crippen LogP contribution in [0.3, 0.4) is 0 Å². The summed E-state index contributed by atoms with van der Waals surface area (Å²) in [5, 5.41) is 0.751. The summed E-state index contributed by atoms with van der Waals surface area (Å²) in [6, 6.07) is 6.48. The number of hydrogen-bond acceptors (Lipinski definition) is 3. The highest BCUT2D eigenvalue weighted by atomic mass is 35.5. The van der Waals surface area contributed by atoms with E-state index in [2.05, 4.69) is 19.0 Å². The van der Waals surface area contributed by atoms with Crippen LogP contribution in [0, 0.1) is 5.92 Å². The van der Waals surface area contributed by atoms with Gasteiger partial charge in [0.1, 0.15) is 5.75 Å². The predicted octanol–water partition coefficient (Wildman–Crippen LogP) is 2.69. The van der Waals surface area contributed by atoms with Gasteiger partial charge in [-0.1, -0.05) is 11.6 Å². The molecule has 1 fully saturated rings. The molecule has 1 aliphatic carbocycles. The minimum atomic E-state index is 0.318. The maximum absolute atomic E-state index is 6.12. The Morgan fingerprint density at radius 2 is 2.06 bits per heavy atom. The van der Waals surface area contributed by atoms with Gasteiger partial charge in [-0.25, -0.2) is 0 Å². The highest BCUT2D eigenvalue weighted by Gasteiger charge is 2.36. The number of rotatable bonds is 4. The summed E-state index contributed by atoms with van der Waals surface area (Å²) in [5.41, 5.74) is 7.07. The summed E-state index contributed by atoms with van der Waals surface area (Å²) in [7, 11) is 5.88. The normalized spacial score (nSPS) is 24.8. The van der Waals surface area contributed by atoms with Crippen LogP contribution in [0.2, 0.25) is 5.02 Å². The lowest BCUT2D eigenvalue weighted by atomic mass is 9.73. The highest BCUT2D eigenvalue weighted by molar-refractivity contribution is 6.30. The lowest BCUT2D eigenvalue weighted by molar-refractivity contribution is 0.121. The molecule has 2 rings (SSSR count). The van der Waals surface area contributed by atoms with Gasteiger partial charge in [0, 0.05) is 22.7 Å². The van der Waals surface area contributed by atoms with Crippen molar-refractivity contribution in [2.75, 3.05) is 21.2 Å². The van der Waals surface area contributed by atoms with Crippen molar-refractivity contribution in [2.24, 2.45) is 11.7 Å². The average Bonchev–Trinajstić information content (AvgIpc) is 2.27. The molecule has 0 bridgehead atoms. The zero-order valence-corrected chi connectivity index (χ0v) is 11.9. The van der Waals surface area contributed by atoms with E-state index in [1.54, 1.807) is 7.11 Å². The molecule has 0 spiro atoms. The van der Waals surface area contributed by atoms with E-state index < -0.39 is 0 Å². The smallest absolute Gasteiger partial charge is 0.123 e. The fourth-order valence-corrected chi connectivity index (χ4v) is 3.04. The number of hydrogen-bond donors (Lipinski definition) is 1. The Kier molecular flexibility index (Phi) is 4.15. The molecule has 1 unspecified atom stereocenters. The molecule has 0 aliphatic heterocycles. The molecule has 1 aromatic rings. The fraction of sp³-hybridized carbons (Fsp3) is 0.571. The van der Waals surface area contributed by atoms with Crippen LogP contribution >= 0.6 is 11.6 Å². The number of ether oxygens (including phenoxy) is 1. The number of methoxy groups -OCH3 is 1. The number of nitrogens with two attached hydrogens (primary N) is 1. The van der Waals surface area contributed by atoms with Gasteiger partial charge < -0.3 is 15.4 Å². The Bertz CT molecular complexity index is 416. The first-order valence-corrected chi connectivity index (χ1v) is 6.66. The van der Waals surface area contributed by atoms with Gasteiger partial charge in [-0.15, -0.1) is 0 Å². The molecular weight excluding hydrogens is 248 g/mol. The zero-order chi connectivity index (χ0) is 13.3. The molecule has 0 aromatic heterocycles. The van der Waals surface area contributed by atoms with E-state index in [0.717, 1.165) is 29.2 Å². The average molecular weight is 269 g/mol. The van der Waals surface area contributed by atoms with E-state index in [1.807, 2.05) is 18.2 Å². The second kappa shape index (κ2) is 5.47. The third kappa shape index (κ3) is 2.63. The van der Waals surface area contributed by atoms with E-state index in [4.69, 9.17) is 22.1 Å². The number of nitrogens with zero attached hydrogens (tertiary/aromatic N) is 1. The molecule has 1 aliphatic rings. The molecule has 1 saturated carbocycles. The van der Waals surface area contributed by atoms with E-state index in [0.29, 0.717) is 18.0 Å². The van der Waals surface area contributed by atoms with Crippen molar-refractivity contribution in [3.8, 4) is 5.75 Å². The van der Waals surface area contributed by atoms with E-state index in [1.165, 1.54) is 0 Å². The van der Waals surface area contributed by atoms with Crippen LogP contribution in [-0.2, 0) is 0 Å². The molecule has 0 amide bonds. The Morgan fingerprint density at radius 3 is 2.56 bits per heavy atom. The minimum Gasteiger partial charge on any atom is -0.496 e. The first-order valence-electron chi connectivity index (χ1n) is 6.28. The molecule has 18 heavy (non-hydrogen) atoms. The van der Waals surface area contributed by atoms with Crippen LogP contribution in [0.4, 0.5) is 0 Å². The summed E-state index contributed by atoms with van der Waals surface area (Å²) in [4.78, 5) is 2.23. The molecule has 1 aromatic carbocycles. The van der Waals surface area contributed by atoms with Crippen LogP contribution in [0.15, 0.2) is 18.2 Å². The van der Waals surface area contributed by atoms with Crippen LogP contribution < -0.4 is 10.5 Å². The minimum absolute atomic E-state index is 0.318. The first kappa shape index (κ1) is 13.7. The maximum Gasteiger partial charge on any atom is 0.123 e. The van der Waals surface area contributed by atoms with Crippen LogP contribution in [0.5, 0.6) is 5.75 Å². The Morgan fingerprint density at radius 1 is 1.39 bits per heavy atom. The van der Waals surface area contributed by atoms with E-state index in [-0.39, 0.29) is 0 Å². The lowest BCUT2D eigenvalue weighted by Gasteiger charge is -2.42. The molecular formula is C14H21ClN2O. The van der Waals surface area contributed by atoms with Gasteiger partial charge >= 0.3 is 0 Å². The van der Waals surface area contributed by atoms with Crippen molar-refractivity contribution in [1.82, 2.24) is 4.90 Å². The summed E-state index contributed by atoms with van der Waals surface area (Å²) < 4.78 is 5.46. The van der Waals surface area contributed by atoms with Crippen LogP contribution in [0.1, 0.15) is 24.4 Å². The molecule has 100 valence electrons. The number of halogens is 1. The summed E-state index contributed by atoms with van der Waals surface area (Å²) >= 11 is 6.12. The largest absolute Gasteiger partial charge is 0.496 e. The first-order chi connectivity index (χ1) is 8.52. The van der Waals surface area contributed by atoms with Crippen molar-refractivity contribution in [3.63, 3.8) is 0 Å². The van der Waals surface area contributed by atoms with Crippen molar-refractivity contribution in [1.29, 1.82) is 0 Å². The van der Waals surface area contributed by atoms with E-state index in [9.17, 15) is 0 Å². The highest BCUT2D eigenvalue weighted by Crippen LogP contribution is 2.43. The quantitative estimate of drug-likeness (QED) is 0.913. The molecule has 0 heterocycles. The Balaban J connectivity index is 2.33. The van der Waals surface area contributed by atoms with Gasteiger partial charge in [-0.2, -0.15) is 0 Å². The fourth-order valence-electron chi connectivity index (χ4n) is 2.86. The van der Waals surface area contributed by atoms with Crippen LogP contribution in [0.25, 0.3) is 0 Å². The van der Waals surface area contributed by atoms with Gasteiger partial charge in [-0.3, -0.25) is 0 Å². The third-order valence-corrected chi connectivity index (χ3v) is 3.96. The van der Waals surface area contributed by atoms with Gasteiger partial charge in [0.25, 0.3) is 0 Å². The van der Waals surface area contributed by atoms with Gasteiger partial charge in [-0.05, 0) is 51.1 Å². The summed E-state index contributed by atoms with van der Waals surface area (Å²) in [6.07, 6.45) is 2.14. The van der Waals surface area contributed by atoms with Gasteiger partial charge in [0.15, 0.2) is 0 Å². The Hall–Kier alpha value is -0.770. The molecule has 1 atom stereocenters. The second-order valence-corrected chi connectivity index (χ2v) is 5.72. The number of benzene rings is 1. The topological polar surface area (TPSA) is 38.5 Å². The summed E-state index contributed by atoms with van der Waals surface area (Å²) in [5.74, 6) is 1.49. The third-order valence-electron chi connectivity index (χ3n) is 3.72. The monoisotopic (exact) mass is 268 g/mol. The molecule has 0 radical (unpaired) electrons. The Labute approximate surface area is 114 Å². The zero-order valence-electron chi connectivity index (χ0n) is 11.2. The van der Waals surface area contributed by atoms with Crippen molar-refractivity contribution >= 4 is 11.6 Å².